The Morgan fingerprint density at radius 1 is 0.773 bits per heavy atom. The summed E-state index contributed by atoms with van der Waals surface area (Å²) in [6.07, 6.45) is 5.84. The number of hydrogen-bond acceptors (Lipinski definition) is 7. The first kappa shape index (κ1) is 32.4. The number of rotatable bonds is 17. The minimum atomic E-state index is -0.458. The molecule has 1 spiro atoms. The standard InChI is InChI=1S/C36H53N7O/c37-19-7-23-40(24-8-20-38)25-9-21-39-22-10-26-42-30-43(33-14-2-1-3-15-33)36(35(42)44)17-27-41(28-18-36)29-32-13-6-12-31-11-4-5-16-34(31)32/h1-6,11-16,39H,7-10,17-30,37-38H2. The van der Waals surface area contributed by atoms with Crippen molar-refractivity contribution in [2.75, 3.05) is 77.0 Å². The molecule has 0 aliphatic carbocycles. The van der Waals surface area contributed by atoms with Gasteiger partial charge < -0.3 is 31.5 Å². The molecule has 2 fully saturated rings. The molecule has 44 heavy (non-hydrogen) atoms. The van der Waals surface area contributed by atoms with E-state index in [1.165, 1.54) is 16.3 Å². The van der Waals surface area contributed by atoms with Gasteiger partial charge in [-0.3, -0.25) is 9.69 Å². The van der Waals surface area contributed by atoms with E-state index in [2.05, 4.69) is 97.7 Å². The Labute approximate surface area is 264 Å². The average molecular weight is 600 g/mol. The average Bonchev–Trinajstić information content (AvgIpc) is 3.33. The van der Waals surface area contributed by atoms with Gasteiger partial charge in [0, 0.05) is 31.9 Å². The minimum absolute atomic E-state index is 0.307. The number of anilines is 1. The van der Waals surface area contributed by atoms with E-state index in [1.807, 2.05) is 0 Å². The van der Waals surface area contributed by atoms with E-state index < -0.39 is 5.54 Å². The van der Waals surface area contributed by atoms with Gasteiger partial charge in [-0.15, -0.1) is 0 Å². The number of fused-ring (bicyclic) bond motifs is 1. The van der Waals surface area contributed by atoms with Crippen LogP contribution in [0.5, 0.6) is 0 Å². The second-order valence-electron chi connectivity index (χ2n) is 12.5. The fraction of sp³-hybridized carbons (Fsp3) is 0.528. The Hall–Kier alpha value is -3.01. The van der Waals surface area contributed by atoms with Crippen molar-refractivity contribution in [3.05, 3.63) is 78.4 Å². The van der Waals surface area contributed by atoms with Crippen molar-refractivity contribution in [2.45, 2.75) is 50.6 Å². The minimum Gasteiger partial charge on any atom is -0.339 e. The molecule has 3 aromatic rings. The molecule has 2 saturated heterocycles. The molecule has 3 aromatic carbocycles. The maximum atomic E-state index is 14.1. The molecular weight excluding hydrogens is 546 g/mol. The van der Waals surface area contributed by atoms with E-state index in [0.717, 1.165) is 116 Å². The van der Waals surface area contributed by atoms with Crippen LogP contribution < -0.4 is 21.7 Å². The van der Waals surface area contributed by atoms with Crippen molar-refractivity contribution in [3.63, 3.8) is 0 Å². The molecule has 0 unspecified atom stereocenters. The number of nitrogens with zero attached hydrogens (tertiary/aromatic N) is 4. The summed E-state index contributed by atoms with van der Waals surface area (Å²) in [6, 6.07) is 25.8. The predicted molar refractivity (Wildman–Crippen MR) is 183 cm³/mol. The van der Waals surface area contributed by atoms with Crippen LogP contribution in [-0.4, -0.2) is 98.3 Å². The molecule has 238 valence electrons. The molecule has 2 heterocycles. The Morgan fingerprint density at radius 2 is 1.43 bits per heavy atom. The first-order valence-corrected chi connectivity index (χ1v) is 16.8. The normalized spacial score (nSPS) is 17.0. The molecule has 8 heteroatoms. The van der Waals surface area contributed by atoms with E-state index in [1.54, 1.807) is 0 Å². The first-order valence-electron chi connectivity index (χ1n) is 16.8. The highest BCUT2D eigenvalue weighted by Gasteiger charge is 2.53. The SMILES string of the molecule is NCCCN(CCCN)CCCNCCCN1CN(c2ccccc2)C2(CCN(Cc3cccc4ccccc34)CC2)C1=O. The van der Waals surface area contributed by atoms with Crippen molar-refractivity contribution >= 4 is 22.4 Å². The summed E-state index contributed by atoms with van der Waals surface area (Å²) >= 11 is 0. The Kier molecular flexibility index (Phi) is 12.0. The third-order valence-corrected chi connectivity index (χ3v) is 9.51. The molecule has 8 nitrogen and oxygen atoms in total. The molecule has 0 atom stereocenters. The molecule has 5 rings (SSSR count). The fourth-order valence-electron chi connectivity index (χ4n) is 7.04. The molecule has 2 aliphatic heterocycles. The van der Waals surface area contributed by atoms with Crippen LogP contribution in [0, 0.1) is 0 Å². The molecule has 0 aromatic heterocycles. The molecule has 0 radical (unpaired) electrons. The van der Waals surface area contributed by atoms with Gasteiger partial charge in [-0.1, -0.05) is 60.7 Å². The molecule has 0 saturated carbocycles. The molecule has 0 bridgehead atoms. The van der Waals surface area contributed by atoms with Crippen LogP contribution in [0.1, 0.15) is 44.1 Å². The van der Waals surface area contributed by atoms with Crippen molar-refractivity contribution in [2.24, 2.45) is 11.5 Å². The Bertz CT molecular complexity index is 1280. The number of hydrogen-bond donors (Lipinski definition) is 3. The van der Waals surface area contributed by atoms with E-state index in [9.17, 15) is 4.79 Å². The van der Waals surface area contributed by atoms with Gasteiger partial charge in [-0.25, -0.2) is 0 Å². The molecule has 2 aliphatic rings. The van der Waals surface area contributed by atoms with Crippen molar-refractivity contribution in [1.29, 1.82) is 0 Å². The van der Waals surface area contributed by atoms with Crippen molar-refractivity contribution < 1.29 is 4.79 Å². The van der Waals surface area contributed by atoms with Gasteiger partial charge in [0.2, 0.25) is 5.91 Å². The Balaban J connectivity index is 1.13. The zero-order chi connectivity index (χ0) is 30.6. The number of benzene rings is 3. The molecule has 1 amide bonds. The summed E-state index contributed by atoms with van der Waals surface area (Å²) in [7, 11) is 0. The summed E-state index contributed by atoms with van der Waals surface area (Å²) in [5.74, 6) is 0.307. The number of nitrogens with one attached hydrogen (secondary N) is 1. The van der Waals surface area contributed by atoms with E-state index in [4.69, 9.17) is 11.5 Å². The topological polar surface area (TPSA) is 94.1 Å². The number of carbonyl (C=O) groups is 1. The lowest BCUT2D eigenvalue weighted by atomic mass is 9.85. The van der Waals surface area contributed by atoms with Crippen LogP contribution in [-0.2, 0) is 11.3 Å². The number of amides is 1. The van der Waals surface area contributed by atoms with Gasteiger partial charge in [-0.2, -0.15) is 0 Å². The van der Waals surface area contributed by atoms with Crippen LogP contribution in [0.4, 0.5) is 5.69 Å². The smallest absolute Gasteiger partial charge is 0.250 e. The number of para-hydroxylation sites is 1. The second kappa shape index (κ2) is 16.3. The highest BCUT2D eigenvalue weighted by Crippen LogP contribution is 2.40. The van der Waals surface area contributed by atoms with E-state index in [0.29, 0.717) is 12.6 Å². The predicted octanol–water partition coefficient (Wildman–Crippen LogP) is 3.85. The lowest BCUT2D eigenvalue weighted by Gasteiger charge is -2.43. The lowest BCUT2D eigenvalue weighted by molar-refractivity contribution is -0.133. The molecular formula is C36H53N7O. The number of nitrogens with two attached hydrogens (primary N) is 2. The van der Waals surface area contributed by atoms with Gasteiger partial charge in [0.1, 0.15) is 5.54 Å². The maximum Gasteiger partial charge on any atom is 0.250 e. The number of piperidine rings is 1. The summed E-state index contributed by atoms with van der Waals surface area (Å²) < 4.78 is 0. The van der Waals surface area contributed by atoms with Crippen molar-refractivity contribution in [1.82, 2.24) is 20.0 Å². The summed E-state index contributed by atoms with van der Waals surface area (Å²) in [6.45, 7) is 10.8. The zero-order valence-electron chi connectivity index (χ0n) is 26.5. The van der Waals surface area contributed by atoms with Crippen LogP contribution >= 0.6 is 0 Å². The summed E-state index contributed by atoms with van der Waals surface area (Å²) in [5.41, 5.74) is 13.5. The third kappa shape index (κ3) is 7.98. The van der Waals surface area contributed by atoms with Gasteiger partial charge in [0.05, 0.1) is 6.67 Å². The van der Waals surface area contributed by atoms with Gasteiger partial charge in [0.15, 0.2) is 0 Å². The van der Waals surface area contributed by atoms with Gasteiger partial charge in [0.25, 0.3) is 0 Å². The fourth-order valence-corrected chi connectivity index (χ4v) is 7.04. The molecule has 5 N–H and O–H groups in total. The highest BCUT2D eigenvalue weighted by atomic mass is 16.2. The number of likely N-dealkylation sites (tertiary alicyclic amines) is 1. The van der Waals surface area contributed by atoms with E-state index in [-0.39, 0.29) is 0 Å². The first-order chi connectivity index (χ1) is 21.6. The largest absolute Gasteiger partial charge is 0.339 e. The van der Waals surface area contributed by atoms with Crippen LogP contribution in [0.3, 0.4) is 0 Å². The summed E-state index contributed by atoms with van der Waals surface area (Å²) in [4.78, 5) is 23.7. The Morgan fingerprint density at radius 3 is 2.18 bits per heavy atom. The lowest BCUT2D eigenvalue weighted by Crippen LogP contribution is -2.56. The van der Waals surface area contributed by atoms with Crippen LogP contribution in [0.15, 0.2) is 72.8 Å². The summed E-state index contributed by atoms with van der Waals surface area (Å²) in [5, 5.41) is 6.23. The highest BCUT2D eigenvalue weighted by molar-refractivity contribution is 5.93. The van der Waals surface area contributed by atoms with Gasteiger partial charge in [-0.05, 0) is 113 Å². The number of carbonyl (C=O) groups excluding carboxylic acids is 1. The van der Waals surface area contributed by atoms with Crippen LogP contribution in [0.2, 0.25) is 0 Å². The second-order valence-corrected chi connectivity index (χ2v) is 12.5. The quantitative estimate of drug-likeness (QED) is 0.203. The monoisotopic (exact) mass is 599 g/mol. The maximum absolute atomic E-state index is 14.1. The van der Waals surface area contributed by atoms with Gasteiger partial charge >= 0.3 is 0 Å². The zero-order valence-corrected chi connectivity index (χ0v) is 26.5. The van der Waals surface area contributed by atoms with Crippen molar-refractivity contribution in [3.8, 4) is 0 Å². The van der Waals surface area contributed by atoms with Crippen LogP contribution in [0.25, 0.3) is 10.8 Å². The third-order valence-electron chi connectivity index (χ3n) is 9.51. The van der Waals surface area contributed by atoms with E-state index >= 15 is 0 Å².